The molecule has 580 valence electrons. The first-order chi connectivity index (χ1) is 48.3. The molecule has 1 amide bonds. The molecule has 3 rings (SSSR count). The van der Waals surface area contributed by atoms with E-state index in [-0.39, 0.29) is 18.9 Å². The van der Waals surface area contributed by atoms with Crippen molar-refractivity contribution in [2.45, 2.75) is 426 Å². The number of carbonyl (C=O) groups excluding carboxylic acids is 1. The molecular formula is C80H147NO18. The molecule has 0 spiro atoms. The van der Waals surface area contributed by atoms with Gasteiger partial charge in [-0.25, -0.2) is 0 Å². The summed E-state index contributed by atoms with van der Waals surface area (Å²) in [5.41, 5.74) is 0. The Morgan fingerprint density at radius 2 is 0.677 bits per heavy atom. The van der Waals surface area contributed by atoms with Gasteiger partial charge in [0.1, 0.15) is 73.2 Å². The number of ether oxygens (including phenoxy) is 6. The minimum atomic E-state index is -1.98. The van der Waals surface area contributed by atoms with Crippen LogP contribution in [0.2, 0.25) is 0 Å². The first-order valence-electron chi connectivity index (χ1n) is 40.4. The Kier molecular flexibility index (Phi) is 56.0. The second-order valence-corrected chi connectivity index (χ2v) is 28.9. The summed E-state index contributed by atoms with van der Waals surface area (Å²) in [6, 6.07) is -0.988. The molecule has 0 radical (unpaired) electrons. The van der Waals surface area contributed by atoms with Gasteiger partial charge in [-0.2, -0.15) is 0 Å². The highest BCUT2D eigenvalue weighted by Gasteiger charge is 2.54. The van der Waals surface area contributed by atoms with Crippen LogP contribution < -0.4 is 5.32 Å². The van der Waals surface area contributed by atoms with Crippen molar-refractivity contribution >= 4 is 5.91 Å². The minimum Gasteiger partial charge on any atom is -0.394 e. The maximum absolute atomic E-state index is 13.4. The van der Waals surface area contributed by atoms with Gasteiger partial charge in [-0.3, -0.25) is 4.79 Å². The molecule has 0 aromatic heterocycles. The molecule has 99 heavy (non-hydrogen) atoms. The highest BCUT2D eigenvalue weighted by molar-refractivity contribution is 5.76. The molecule has 0 aromatic rings. The summed E-state index contributed by atoms with van der Waals surface area (Å²) in [5, 5.41) is 121. The van der Waals surface area contributed by atoms with E-state index in [1.54, 1.807) is 6.08 Å². The molecule has 17 atom stereocenters. The summed E-state index contributed by atoms with van der Waals surface area (Å²) in [4.78, 5) is 13.4. The number of nitrogens with one attached hydrogen (secondary N) is 1. The van der Waals surface area contributed by atoms with Crippen LogP contribution in [0.1, 0.15) is 322 Å². The lowest BCUT2D eigenvalue weighted by Crippen LogP contribution is -2.66. The van der Waals surface area contributed by atoms with Gasteiger partial charge in [-0.1, -0.05) is 300 Å². The monoisotopic (exact) mass is 1410 g/mol. The zero-order valence-electron chi connectivity index (χ0n) is 62.0. The number of amides is 1. The van der Waals surface area contributed by atoms with Crippen molar-refractivity contribution in [3.63, 3.8) is 0 Å². The number of hydrogen-bond donors (Lipinski definition) is 12. The van der Waals surface area contributed by atoms with Gasteiger partial charge in [-0.05, 0) is 64.2 Å². The van der Waals surface area contributed by atoms with E-state index in [9.17, 15) is 61.0 Å². The van der Waals surface area contributed by atoms with Crippen LogP contribution >= 0.6 is 0 Å². The van der Waals surface area contributed by atoms with Crippen molar-refractivity contribution in [2.75, 3.05) is 26.4 Å². The summed E-state index contributed by atoms with van der Waals surface area (Å²) in [6.07, 6.45) is 50.1. The third kappa shape index (κ3) is 41.3. The van der Waals surface area contributed by atoms with Crippen molar-refractivity contribution in [1.82, 2.24) is 5.32 Å². The second-order valence-electron chi connectivity index (χ2n) is 28.9. The van der Waals surface area contributed by atoms with Gasteiger partial charge in [0.15, 0.2) is 18.9 Å². The molecule has 3 fully saturated rings. The van der Waals surface area contributed by atoms with E-state index in [1.807, 2.05) is 6.08 Å². The third-order valence-electron chi connectivity index (χ3n) is 20.1. The fourth-order valence-electron chi connectivity index (χ4n) is 13.6. The first-order valence-corrected chi connectivity index (χ1v) is 40.4. The van der Waals surface area contributed by atoms with Gasteiger partial charge in [0, 0.05) is 6.42 Å². The number of hydrogen-bond acceptors (Lipinski definition) is 18. The topological polar surface area (TPSA) is 307 Å². The van der Waals surface area contributed by atoms with Crippen LogP contribution in [0.4, 0.5) is 0 Å². The van der Waals surface area contributed by atoms with E-state index in [0.29, 0.717) is 12.8 Å². The average molecular weight is 1410 g/mol. The van der Waals surface area contributed by atoms with E-state index in [4.69, 9.17) is 28.4 Å². The zero-order valence-corrected chi connectivity index (χ0v) is 62.0. The molecule has 3 saturated heterocycles. The van der Waals surface area contributed by atoms with Crippen LogP contribution in [0.5, 0.6) is 0 Å². The fourth-order valence-corrected chi connectivity index (χ4v) is 13.6. The van der Waals surface area contributed by atoms with Crippen molar-refractivity contribution in [3.8, 4) is 0 Å². The minimum absolute atomic E-state index is 0.239. The van der Waals surface area contributed by atoms with Gasteiger partial charge < -0.3 is 89.9 Å². The maximum Gasteiger partial charge on any atom is 0.220 e. The quantitative estimate of drug-likeness (QED) is 0.0199. The van der Waals surface area contributed by atoms with Gasteiger partial charge in [0.2, 0.25) is 5.91 Å². The van der Waals surface area contributed by atoms with Crippen LogP contribution in [0.3, 0.4) is 0 Å². The molecule has 3 aliphatic rings. The normalized spacial score (nSPS) is 26.8. The first kappa shape index (κ1) is 91.0. The number of unbranched alkanes of at least 4 members (excludes halogenated alkanes) is 42. The molecule has 12 N–H and O–H groups in total. The Hall–Kier alpha value is -2.25. The summed E-state index contributed by atoms with van der Waals surface area (Å²) < 4.78 is 34.3. The molecule has 3 aliphatic heterocycles. The Bertz CT molecular complexity index is 1980. The van der Waals surface area contributed by atoms with Gasteiger partial charge in [0.25, 0.3) is 0 Å². The molecule has 0 aliphatic carbocycles. The molecular weight excluding hydrogens is 1260 g/mol. The number of allylic oxidation sites excluding steroid dienone is 7. The van der Waals surface area contributed by atoms with Crippen LogP contribution in [-0.2, 0) is 33.2 Å². The summed E-state index contributed by atoms with van der Waals surface area (Å²) in [6.45, 7) is 1.71. The van der Waals surface area contributed by atoms with Crippen molar-refractivity contribution in [2.24, 2.45) is 0 Å². The highest BCUT2D eigenvalue weighted by atomic mass is 16.8. The van der Waals surface area contributed by atoms with Crippen LogP contribution in [0.25, 0.3) is 0 Å². The van der Waals surface area contributed by atoms with Crippen molar-refractivity contribution in [1.29, 1.82) is 0 Å². The Morgan fingerprint density at radius 1 is 0.364 bits per heavy atom. The Labute approximate surface area is 599 Å². The average Bonchev–Trinajstić information content (AvgIpc) is 0.785. The van der Waals surface area contributed by atoms with Gasteiger partial charge >= 0.3 is 0 Å². The predicted molar refractivity (Wildman–Crippen MR) is 392 cm³/mol. The van der Waals surface area contributed by atoms with E-state index in [2.05, 4.69) is 55.6 Å². The molecule has 17 unspecified atom stereocenters. The smallest absolute Gasteiger partial charge is 0.220 e. The van der Waals surface area contributed by atoms with Gasteiger partial charge in [0.05, 0.1) is 38.6 Å². The Morgan fingerprint density at radius 3 is 1.07 bits per heavy atom. The Balaban J connectivity index is 1.26. The van der Waals surface area contributed by atoms with Crippen molar-refractivity contribution < 1.29 is 89.4 Å². The van der Waals surface area contributed by atoms with Crippen LogP contribution in [-0.4, -0.2) is 193 Å². The van der Waals surface area contributed by atoms with E-state index in [0.717, 1.165) is 44.9 Å². The maximum atomic E-state index is 13.4. The predicted octanol–water partition coefficient (Wildman–Crippen LogP) is 13.3. The third-order valence-corrected chi connectivity index (χ3v) is 20.1. The highest BCUT2D eigenvalue weighted by Crippen LogP contribution is 2.33. The lowest BCUT2D eigenvalue weighted by Gasteiger charge is -2.48. The van der Waals surface area contributed by atoms with Crippen LogP contribution in [0, 0.1) is 0 Å². The van der Waals surface area contributed by atoms with E-state index >= 15 is 0 Å². The molecule has 19 nitrogen and oxygen atoms in total. The van der Waals surface area contributed by atoms with Crippen molar-refractivity contribution in [3.05, 3.63) is 48.6 Å². The lowest BCUT2D eigenvalue weighted by atomic mass is 9.96. The molecule has 0 saturated carbocycles. The number of carbonyl (C=O) groups is 1. The number of aliphatic hydroxyl groups excluding tert-OH is 11. The largest absolute Gasteiger partial charge is 0.394 e. The van der Waals surface area contributed by atoms with E-state index < -0.39 is 124 Å². The number of aliphatic hydroxyl groups is 11. The zero-order chi connectivity index (χ0) is 71.8. The molecule has 19 heteroatoms. The fraction of sp³-hybridized carbons (Fsp3) is 0.887. The number of rotatable bonds is 64. The summed E-state index contributed by atoms with van der Waals surface area (Å²) in [7, 11) is 0. The SMILES string of the molecule is CCCCCCC/C=C\C/C=C\CCCCCCCCCCCCCCCCCCCCCCCCCCCCCCCC(=O)NC(COC1OC(CO)C(OC2OC(CO)C(OC3OC(CO)C(O)C(O)C3O)C(O)C2O)C(O)C1O)C(O)/C=C/CC/C=C/CCCCCCCCC. The van der Waals surface area contributed by atoms with Crippen LogP contribution in [0.15, 0.2) is 48.6 Å². The summed E-state index contributed by atoms with van der Waals surface area (Å²) in [5.74, 6) is -0.281. The molecule has 3 heterocycles. The van der Waals surface area contributed by atoms with E-state index in [1.165, 1.54) is 244 Å². The molecule has 0 aromatic carbocycles. The lowest BCUT2D eigenvalue weighted by molar-refractivity contribution is -0.379. The molecule has 0 bridgehead atoms. The van der Waals surface area contributed by atoms with Gasteiger partial charge in [-0.15, -0.1) is 0 Å². The second kappa shape index (κ2) is 61.0. The standard InChI is InChI=1S/C80H147NO18/c1-3-5-7-9-11-13-15-17-18-19-20-21-22-23-24-25-26-27-28-29-30-31-32-33-34-35-36-37-38-39-40-41-42-43-44-46-48-50-52-54-56-58-68(86)81-63(64(85)57-55-53-51-49-47-45-16-14-12-10-8-6-4-2)62-94-78-74(92)71(89)76(66(60-83)96-78)99-80-75(93)72(90)77(67(61-84)97-80)98-79-73(91)70(88)69(87)65(59-82)95-79/h15,17,19-20,47,49,55,57,63-67,69-80,82-85,87-93H,3-14,16,18,21-46,48,50-54,56,58-62H2,1-2H3,(H,81,86)/b17-15-,20-19-,49-47+,57-55+. The summed E-state index contributed by atoms with van der Waals surface area (Å²) >= 11 is 0.